The summed E-state index contributed by atoms with van der Waals surface area (Å²) in [5, 5.41) is 5.50. The van der Waals surface area contributed by atoms with Crippen LogP contribution in [0.4, 0.5) is 13.2 Å². The number of fused-ring (bicyclic) bond motifs is 5. The fourth-order valence-electron chi connectivity index (χ4n) is 7.65. The van der Waals surface area contributed by atoms with E-state index in [0.717, 1.165) is 25.7 Å². The zero-order valence-electron chi connectivity index (χ0n) is 20.1. The van der Waals surface area contributed by atoms with Crippen molar-refractivity contribution in [3.8, 4) is 0 Å². The van der Waals surface area contributed by atoms with Gasteiger partial charge in [0, 0.05) is 17.0 Å². The van der Waals surface area contributed by atoms with Crippen molar-refractivity contribution in [1.29, 1.82) is 0 Å². The Morgan fingerprint density at radius 1 is 1.15 bits per heavy atom. The second kappa shape index (κ2) is 8.16. The molecule has 2 amide bonds. The van der Waals surface area contributed by atoms with E-state index in [1.807, 2.05) is 0 Å². The topological polar surface area (TPSA) is 58.2 Å². The lowest BCUT2D eigenvalue weighted by Gasteiger charge is -2.58. The molecule has 0 aromatic rings. The third-order valence-electron chi connectivity index (χ3n) is 9.50. The second-order valence-corrected chi connectivity index (χ2v) is 11.7. The third kappa shape index (κ3) is 4.03. The minimum atomic E-state index is -4.62. The Balaban J connectivity index is 1.62. The molecule has 7 heteroatoms. The molecule has 1 aliphatic heterocycles. The van der Waals surface area contributed by atoms with E-state index in [1.165, 1.54) is 19.3 Å². The average Bonchev–Trinajstić information content (AvgIpc) is 3.12. The zero-order valence-corrected chi connectivity index (χ0v) is 20.1. The van der Waals surface area contributed by atoms with E-state index in [0.29, 0.717) is 23.2 Å². The first-order chi connectivity index (χ1) is 15.3. The van der Waals surface area contributed by atoms with E-state index >= 15 is 0 Å². The van der Waals surface area contributed by atoms with Gasteiger partial charge in [0.1, 0.15) is 5.57 Å². The lowest BCUT2D eigenvalue weighted by Crippen LogP contribution is -2.61. The third-order valence-corrected chi connectivity index (χ3v) is 9.50. The van der Waals surface area contributed by atoms with Crippen molar-refractivity contribution >= 4 is 11.8 Å². The molecule has 184 valence electrons. The molecule has 4 aliphatic rings. The molecule has 1 heterocycles. The normalized spacial score (nSPS) is 39.0. The van der Waals surface area contributed by atoms with Crippen LogP contribution in [0, 0.1) is 34.5 Å². The minimum Gasteiger partial charge on any atom is -0.348 e. The van der Waals surface area contributed by atoms with Gasteiger partial charge in [0.05, 0.1) is 6.04 Å². The van der Waals surface area contributed by atoms with Crippen LogP contribution >= 0.6 is 0 Å². The van der Waals surface area contributed by atoms with E-state index in [4.69, 9.17) is 0 Å². The van der Waals surface area contributed by atoms with Crippen molar-refractivity contribution in [3.63, 3.8) is 0 Å². The highest BCUT2D eigenvalue weighted by Gasteiger charge is 2.58. The standard InChI is InChI=1S/C26H37F3N2O2/c1-14(2)21(15(3)26(27,28)29)31-23(33)17-13-25(5)19-10-12-24(4)11-6-7-18(24)16(19)8-9-20(25)30-22(17)32/h13-14,16,18-21H,3,6-12H2,1-2,4-5H3,(H,30,32)(H,31,33)/t16-,18-,19+,20?,21?,24-,25+/m0/s1. The lowest BCUT2D eigenvalue weighted by molar-refractivity contribution is -0.128. The summed E-state index contributed by atoms with van der Waals surface area (Å²) in [5.41, 5.74) is -1.04. The molecule has 0 aromatic heterocycles. The van der Waals surface area contributed by atoms with Crippen molar-refractivity contribution < 1.29 is 22.8 Å². The van der Waals surface area contributed by atoms with Crippen molar-refractivity contribution in [1.82, 2.24) is 10.6 Å². The number of rotatable bonds is 4. The molecular formula is C26H37F3N2O2. The fraction of sp³-hybridized carbons (Fsp3) is 0.769. The van der Waals surface area contributed by atoms with Gasteiger partial charge in [-0.25, -0.2) is 0 Å². The molecule has 2 unspecified atom stereocenters. The average molecular weight is 467 g/mol. The Morgan fingerprint density at radius 2 is 1.85 bits per heavy atom. The van der Waals surface area contributed by atoms with Gasteiger partial charge in [0.25, 0.3) is 11.8 Å². The highest BCUT2D eigenvalue weighted by molar-refractivity contribution is 6.19. The van der Waals surface area contributed by atoms with Crippen LogP contribution in [0.5, 0.6) is 0 Å². The van der Waals surface area contributed by atoms with Crippen LogP contribution in [-0.4, -0.2) is 30.1 Å². The molecule has 0 aromatic carbocycles. The van der Waals surface area contributed by atoms with Crippen LogP contribution in [0.3, 0.4) is 0 Å². The molecule has 4 rings (SSSR count). The molecule has 0 spiro atoms. The Labute approximate surface area is 194 Å². The van der Waals surface area contributed by atoms with Crippen LogP contribution in [0.1, 0.15) is 72.6 Å². The molecule has 7 atom stereocenters. The van der Waals surface area contributed by atoms with Gasteiger partial charge in [-0.3, -0.25) is 9.59 Å². The molecule has 33 heavy (non-hydrogen) atoms. The van der Waals surface area contributed by atoms with Crippen LogP contribution in [0.25, 0.3) is 0 Å². The number of nitrogens with one attached hydrogen (secondary N) is 2. The van der Waals surface area contributed by atoms with Crippen LogP contribution < -0.4 is 10.6 Å². The van der Waals surface area contributed by atoms with E-state index in [9.17, 15) is 22.8 Å². The Hall–Kier alpha value is -1.79. The maximum Gasteiger partial charge on any atom is 0.414 e. The van der Waals surface area contributed by atoms with Gasteiger partial charge in [0.15, 0.2) is 0 Å². The number of alkyl halides is 3. The summed E-state index contributed by atoms with van der Waals surface area (Å²) in [6.07, 6.45) is 5.16. The van der Waals surface area contributed by atoms with Crippen molar-refractivity contribution in [2.75, 3.05) is 0 Å². The molecule has 0 saturated heterocycles. The minimum absolute atomic E-state index is 0.0420. The van der Waals surface area contributed by atoms with Gasteiger partial charge < -0.3 is 10.6 Å². The number of halogens is 3. The number of amides is 2. The summed E-state index contributed by atoms with van der Waals surface area (Å²) in [7, 11) is 0. The van der Waals surface area contributed by atoms with Gasteiger partial charge in [-0.15, -0.1) is 0 Å². The summed E-state index contributed by atoms with van der Waals surface area (Å²) < 4.78 is 39.9. The molecule has 4 nitrogen and oxygen atoms in total. The van der Waals surface area contributed by atoms with Crippen molar-refractivity contribution in [3.05, 3.63) is 23.8 Å². The first-order valence-corrected chi connectivity index (χ1v) is 12.4. The quantitative estimate of drug-likeness (QED) is 0.436. The van der Waals surface area contributed by atoms with Gasteiger partial charge >= 0.3 is 6.18 Å². The van der Waals surface area contributed by atoms with E-state index in [-0.39, 0.29) is 17.0 Å². The molecular weight excluding hydrogens is 429 g/mol. The summed E-state index contributed by atoms with van der Waals surface area (Å²) >= 11 is 0. The van der Waals surface area contributed by atoms with E-state index in [2.05, 4.69) is 31.1 Å². The molecule has 0 bridgehead atoms. The SMILES string of the molecule is C=C(C(NC(=O)C1=C[C@@]2(C)C(CC[C@@H]3[C@H]2CC[C@]2(C)CCC[C@@H]32)NC1=O)C(C)C)C(F)(F)F. The van der Waals surface area contributed by atoms with Crippen LogP contribution in [-0.2, 0) is 9.59 Å². The number of hydrogen-bond acceptors (Lipinski definition) is 2. The van der Waals surface area contributed by atoms with Crippen LogP contribution in [0.15, 0.2) is 23.8 Å². The molecule has 3 aliphatic carbocycles. The van der Waals surface area contributed by atoms with Crippen LogP contribution in [0.2, 0.25) is 0 Å². The lowest BCUT2D eigenvalue weighted by atomic mass is 9.48. The highest BCUT2D eigenvalue weighted by Crippen LogP contribution is 2.63. The first-order valence-electron chi connectivity index (χ1n) is 12.4. The van der Waals surface area contributed by atoms with Gasteiger partial charge in [-0.1, -0.05) is 46.8 Å². The number of carbonyl (C=O) groups excluding carboxylic acids is 2. The smallest absolute Gasteiger partial charge is 0.348 e. The maximum absolute atomic E-state index is 13.3. The summed E-state index contributed by atoms with van der Waals surface area (Å²) in [5.74, 6) is -0.151. The predicted molar refractivity (Wildman–Crippen MR) is 121 cm³/mol. The van der Waals surface area contributed by atoms with Crippen molar-refractivity contribution in [2.24, 2.45) is 34.5 Å². The van der Waals surface area contributed by atoms with Gasteiger partial charge in [-0.2, -0.15) is 13.2 Å². The second-order valence-electron chi connectivity index (χ2n) is 11.7. The molecule has 3 fully saturated rings. The summed E-state index contributed by atoms with van der Waals surface area (Å²) in [4.78, 5) is 26.0. The zero-order chi connectivity index (χ0) is 24.3. The van der Waals surface area contributed by atoms with Gasteiger partial charge in [-0.05, 0) is 67.6 Å². The predicted octanol–water partition coefficient (Wildman–Crippen LogP) is 5.30. The van der Waals surface area contributed by atoms with Gasteiger partial charge in [0.2, 0.25) is 0 Å². The van der Waals surface area contributed by atoms with Crippen molar-refractivity contribution in [2.45, 2.75) is 90.9 Å². The Morgan fingerprint density at radius 3 is 2.48 bits per heavy atom. The fourth-order valence-corrected chi connectivity index (χ4v) is 7.65. The monoisotopic (exact) mass is 466 g/mol. The molecule has 2 N–H and O–H groups in total. The molecule has 3 saturated carbocycles. The maximum atomic E-state index is 13.3. The first kappa shape index (κ1) is 24.3. The van der Waals surface area contributed by atoms with E-state index < -0.39 is 35.5 Å². The summed E-state index contributed by atoms with van der Waals surface area (Å²) in [6, 6.07) is -1.33. The Bertz CT molecular complexity index is 879. The summed E-state index contributed by atoms with van der Waals surface area (Å²) in [6.45, 7) is 10.9. The highest BCUT2D eigenvalue weighted by atomic mass is 19.4. The van der Waals surface area contributed by atoms with E-state index in [1.54, 1.807) is 19.9 Å². The number of carbonyl (C=O) groups is 2. The molecule has 0 radical (unpaired) electrons. The number of hydrogen-bond donors (Lipinski definition) is 2. The largest absolute Gasteiger partial charge is 0.414 e. The Kier molecular flexibility index (Phi) is 6.02.